The lowest BCUT2D eigenvalue weighted by atomic mass is 10.0. The summed E-state index contributed by atoms with van der Waals surface area (Å²) in [5.41, 5.74) is 0.0366. The van der Waals surface area contributed by atoms with Gasteiger partial charge in [-0.15, -0.1) is 0 Å². The van der Waals surface area contributed by atoms with E-state index >= 15 is 0 Å². The first-order valence-electron chi connectivity index (χ1n) is 5.60. The Bertz CT molecular complexity index is 462. The number of nitro groups is 2. The van der Waals surface area contributed by atoms with E-state index in [2.05, 4.69) is 5.32 Å². The minimum absolute atomic E-state index is 0.0788. The van der Waals surface area contributed by atoms with E-state index in [0.717, 1.165) is 12.6 Å². The van der Waals surface area contributed by atoms with Gasteiger partial charge in [0.05, 0.1) is 15.9 Å². The second-order valence-electron chi connectivity index (χ2n) is 3.99. The summed E-state index contributed by atoms with van der Waals surface area (Å²) in [5.74, 6) is 0. The Balaban J connectivity index is 3.04. The average molecular weight is 253 g/mol. The third-order valence-electron chi connectivity index (χ3n) is 2.56. The van der Waals surface area contributed by atoms with Gasteiger partial charge in [-0.05, 0) is 26.0 Å². The fourth-order valence-corrected chi connectivity index (χ4v) is 1.76. The summed E-state index contributed by atoms with van der Waals surface area (Å²) in [5, 5.41) is 24.6. The highest BCUT2D eigenvalue weighted by molar-refractivity contribution is 5.49. The molecule has 7 nitrogen and oxygen atoms in total. The summed E-state index contributed by atoms with van der Waals surface area (Å²) >= 11 is 0. The van der Waals surface area contributed by atoms with Gasteiger partial charge in [-0.3, -0.25) is 20.2 Å². The fourth-order valence-electron chi connectivity index (χ4n) is 1.76. The number of likely N-dealkylation sites (N-methyl/N-ethyl adjacent to an activating group) is 1. The molecule has 98 valence electrons. The van der Waals surface area contributed by atoms with Crippen LogP contribution in [0.1, 0.15) is 19.4 Å². The van der Waals surface area contributed by atoms with E-state index < -0.39 is 9.85 Å². The molecule has 0 bridgehead atoms. The van der Waals surface area contributed by atoms with Crippen molar-refractivity contribution in [3.63, 3.8) is 0 Å². The Hall–Kier alpha value is -2.02. The molecule has 1 aromatic rings. The zero-order valence-electron chi connectivity index (χ0n) is 10.3. The van der Waals surface area contributed by atoms with Crippen molar-refractivity contribution in [1.82, 2.24) is 5.32 Å². The smallest absolute Gasteiger partial charge is 0.279 e. The van der Waals surface area contributed by atoms with Gasteiger partial charge >= 0.3 is 0 Å². The molecule has 1 atom stereocenters. The molecular formula is C11H15N3O4. The maximum absolute atomic E-state index is 10.9. The monoisotopic (exact) mass is 253 g/mol. The molecule has 0 fully saturated rings. The van der Waals surface area contributed by atoms with Crippen LogP contribution in [-0.2, 0) is 6.42 Å². The van der Waals surface area contributed by atoms with Crippen LogP contribution in [0.3, 0.4) is 0 Å². The average Bonchev–Trinajstić information content (AvgIpc) is 2.29. The van der Waals surface area contributed by atoms with E-state index in [0.29, 0.717) is 12.0 Å². The summed E-state index contributed by atoms with van der Waals surface area (Å²) in [6, 6.07) is 3.83. The zero-order valence-corrected chi connectivity index (χ0v) is 10.3. The van der Waals surface area contributed by atoms with Crippen molar-refractivity contribution in [2.75, 3.05) is 6.54 Å². The SMILES string of the molecule is CCNC(C)Cc1ccc([N+](=O)[O-])cc1[N+](=O)[O-]. The zero-order chi connectivity index (χ0) is 13.7. The van der Waals surface area contributed by atoms with Crippen molar-refractivity contribution in [2.24, 2.45) is 0 Å². The second-order valence-corrected chi connectivity index (χ2v) is 3.99. The number of nitrogens with one attached hydrogen (secondary N) is 1. The number of nitro benzene ring substituents is 2. The maximum Gasteiger partial charge on any atom is 0.279 e. The second kappa shape index (κ2) is 6.06. The first kappa shape index (κ1) is 14.0. The molecule has 0 aliphatic rings. The Kier molecular flexibility index (Phi) is 4.73. The Labute approximate surface area is 104 Å². The number of hydrogen-bond acceptors (Lipinski definition) is 5. The van der Waals surface area contributed by atoms with Gasteiger partial charge < -0.3 is 5.32 Å². The molecule has 1 aromatic carbocycles. The Morgan fingerprint density at radius 1 is 1.28 bits per heavy atom. The number of rotatable bonds is 6. The number of non-ortho nitro benzene ring substituents is 1. The lowest BCUT2D eigenvalue weighted by Crippen LogP contribution is -2.27. The molecule has 1 N–H and O–H groups in total. The van der Waals surface area contributed by atoms with Crippen LogP contribution in [0.4, 0.5) is 11.4 Å². The first-order valence-corrected chi connectivity index (χ1v) is 5.60. The van der Waals surface area contributed by atoms with E-state index in [-0.39, 0.29) is 17.4 Å². The van der Waals surface area contributed by atoms with Gasteiger partial charge in [0.2, 0.25) is 0 Å². The molecule has 0 aromatic heterocycles. The third kappa shape index (κ3) is 3.49. The molecule has 0 aliphatic heterocycles. The molecule has 0 radical (unpaired) electrons. The Morgan fingerprint density at radius 3 is 2.44 bits per heavy atom. The van der Waals surface area contributed by atoms with Crippen LogP contribution in [-0.4, -0.2) is 22.4 Å². The highest BCUT2D eigenvalue weighted by atomic mass is 16.6. The van der Waals surface area contributed by atoms with Crippen LogP contribution in [0.2, 0.25) is 0 Å². The molecule has 1 unspecified atom stereocenters. The molecule has 0 amide bonds. The van der Waals surface area contributed by atoms with Gasteiger partial charge in [-0.1, -0.05) is 6.92 Å². The molecule has 0 spiro atoms. The van der Waals surface area contributed by atoms with Crippen LogP contribution in [0.25, 0.3) is 0 Å². The number of hydrogen-bond donors (Lipinski definition) is 1. The van der Waals surface area contributed by atoms with E-state index in [1.807, 2.05) is 13.8 Å². The third-order valence-corrected chi connectivity index (χ3v) is 2.56. The first-order chi connectivity index (χ1) is 8.45. The molecule has 18 heavy (non-hydrogen) atoms. The molecule has 0 saturated heterocycles. The van der Waals surface area contributed by atoms with Gasteiger partial charge in [0.15, 0.2) is 0 Å². The van der Waals surface area contributed by atoms with Gasteiger partial charge in [0.25, 0.3) is 11.4 Å². The minimum Gasteiger partial charge on any atom is -0.314 e. The molecule has 0 aliphatic carbocycles. The van der Waals surface area contributed by atoms with E-state index in [1.54, 1.807) is 0 Å². The van der Waals surface area contributed by atoms with Crippen LogP contribution < -0.4 is 5.32 Å². The van der Waals surface area contributed by atoms with Crippen molar-refractivity contribution in [1.29, 1.82) is 0 Å². The highest BCUT2D eigenvalue weighted by Gasteiger charge is 2.20. The standard InChI is InChI=1S/C11H15N3O4/c1-3-12-8(2)6-9-4-5-10(13(15)16)7-11(9)14(17)18/h4-5,7-8,12H,3,6H2,1-2H3. The van der Waals surface area contributed by atoms with Crippen molar-refractivity contribution in [2.45, 2.75) is 26.3 Å². The number of benzene rings is 1. The van der Waals surface area contributed by atoms with Crippen LogP contribution in [0.5, 0.6) is 0 Å². The Morgan fingerprint density at radius 2 is 1.94 bits per heavy atom. The summed E-state index contributed by atoms with van der Waals surface area (Å²) < 4.78 is 0. The summed E-state index contributed by atoms with van der Waals surface area (Å²) in [7, 11) is 0. The molecule has 0 heterocycles. The van der Waals surface area contributed by atoms with Crippen LogP contribution >= 0.6 is 0 Å². The lowest BCUT2D eigenvalue weighted by molar-refractivity contribution is -0.394. The van der Waals surface area contributed by atoms with Gasteiger partial charge in [0.1, 0.15) is 0 Å². The topological polar surface area (TPSA) is 98.3 Å². The predicted molar refractivity (Wildman–Crippen MR) is 66.6 cm³/mol. The fraction of sp³-hybridized carbons (Fsp3) is 0.455. The van der Waals surface area contributed by atoms with E-state index in [9.17, 15) is 20.2 Å². The van der Waals surface area contributed by atoms with Crippen molar-refractivity contribution >= 4 is 11.4 Å². The normalized spacial score (nSPS) is 12.1. The van der Waals surface area contributed by atoms with Crippen LogP contribution in [0.15, 0.2) is 18.2 Å². The summed E-state index contributed by atoms with van der Waals surface area (Å²) in [6.45, 7) is 4.62. The van der Waals surface area contributed by atoms with E-state index in [1.165, 1.54) is 12.1 Å². The largest absolute Gasteiger partial charge is 0.314 e. The highest BCUT2D eigenvalue weighted by Crippen LogP contribution is 2.25. The van der Waals surface area contributed by atoms with E-state index in [4.69, 9.17) is 0 Å². The molecule has 7 heteroatoms. The maximum atomic E-state index is 10.9. The van der Waals surface area contributed by atoms with Gasteiger partial charge in [-0.25, -0.2) is 0 Å². The number of nitrogens with zero attached hydrogens (tertiary/aromatic N) is 2. The molecule has 1 rings (SSSR count). The van der Waals surface area contributed by atoms with Gasteiger partial charge in [0, 0.05) is 17.7 Å². The van der Waals surface area contributed by atoms with Crippen molar-refractivity contribution in [3.05, 3.63) is 44.0 Å². The molecule has 0 saturated carbocycles. The van der Waals surface area contributed by atoms with Crippen molar-refractivity contribution < 1.29 is 9.85 Å². The van der Waals surface area contributed by atoms with Crippen LogP contribution in [0, 0.1) is 20.2 Å². The molecular weight excluding hydrogens is 238 g/mol. The lowest BCUT2D eigenvalue weighted by Gasteiger charge is -2.12. The van der Waals surface area contributed by atoms with Crippen molar-refractivity contribution in [3.8, 4) is 0 Å². The quantitative estimate of drug-likeness (QED) is 0.617. The summed E-state index contributed by atoms with van der Waals surface area (Å²) in [6.07, 6.45) is 0.460. The minimum atomic E-state index is -0.634. The predicted octanol–water partition coefficient (Wildman–Crippen LogP) is 2.04. The summed E-state index contributed by atoms with van der Waals surface area (Å²) in [4.78, 5) is 20.3. The van der Waals surface area contributed by atoms with Gasteiger partial charge in [-0.2, -0.15) is 0 Å².